The quantitative estimate of drug-likeness (QED) is 0.770. The predicted octanol–water partition coefficient (Wildman–Crippen LogP) is -0.376. The van der Waals surface area contributed by atoms with Crippen LogP contribution in [0.1, 0.15) is 23.3 Å². The molecule has 2 heterocycles. The Balaban J connectivity index is 2.22. The van der Waals surface area contributed by atoms with Crippen molar-refractivity contribution in [2.24, 2.45) is 7.05 Å². The van der Waals surface area contributed by atoms with Gasteiger partial charge in [0.2, 0.25) is 10.0 Å². The Kier molecular flexibility index (Phi) is 4.33. The van der Waals surface area contributed by atoms with Gasteiger partial charge in [0.15, 0.2) is 0 Å². The number of nitrogens with zero attached hydrogens (tertiary/aromatic N) is 2. The van der Waals surface area contributed by atoms with Crippen LogP contribution in [0.5, 0.6) is 0 Å². The van der Waals surface area contributed by atoms with E-state index in [-0.39, 0.29) is 10.6 Å². The van der Waals surface area contributed by atoms with E-state index in [1.165, 1.54) is 21.1 Å². The maximum absolute atomic E-state index is 12.4. The Morgan fingerprint density at radius 1 is 1.33 bits per heavy atom. The maximum Gasteiger partial charge on any atom is 0.322 e. The summed E-state index contributed by atoms with van der Waals surface area (Å²) in [4.78, 5) is 22.3. The summed E-state index contributed by atoms with van der Waals surface area (Å²) in [5.74, 6) is -1.79. The molecule has 1 aromatic rings. The van der Waals surface area contributed by atoms with Gasteiger partial charge in [-0.2, -0.15) is 4.31 Å². The van der Waals surface area contributed by atoms with Crippen molar-refractivity contribution in [2.75, 3.05) is 19.6 Å². The van der Waals surface area contributed by atoms with Gasteiger partial charge in [0.05, 0.1) is 0 Å². The lowest BCUT2D eigenvalue weighted by Crippen LogP contribution is -2.30. The lowest BCUT2D eigenvalue weighted by Gasteiger charge is -2.13. The van der Waals surface area contributed by atoms with Crippen molar-refractivity contribution < 1.29 is 23.1 Å². The van der Waals surface area contributed by atoms with Crippen LogP contribution >= 0.6 is 0 Å². The van der Waals surface area contributed by atoms with E-state index in [1.54, 1.807) is 7.05 Å². The molecule has 8 nitrogen and oxygen atoms in total. The van der Waals surface area contributed by atoms with Gasteiger partial charge in [-0.05, 0) is 18.9 Å². The van der Waals surface area contributed by atoms with Crippen LogP contribution in [0, 0.1) is 0 Å². The Morgan fingerprint density at radius 2 is 1.95 bits per heavy atom. The first-order valence-electron chi connectivity index (χ1n) is 6.49. The summed E-state index contributed by atoms with van der Waals surface area (Å²) < 4.78 is 27.5. The molecule has 1 saturated heterocycles. The van der Waals surface area contributed by atoms with Crippen LogP contribution in [0.3, 0.4) is 0 Å². The molecule has 0 bridgehead atoms. The summed E-state index contributed by atoms with van der Waals surface area (Å²) in [5, 5.41) is 10.7. The van der Waals surface area contributed by atoms with E-state index in [9.17, 15) is 18.0 Å². The van der Waals surface area contributed by atoms with Gasteiger partial charge in [-0.15, -0.1) is 0 Å². The van der Waals surface area contributed by atoms with Gasteiger partial charge in [-0.1, -0.05) is 0 Å². The number of amides is 1. The molecule has 116 valence electrons. The summed E-state index contributed by atoms with van der Waals surface area (Å²) in [6.07, 6.45) is 3.03. The Bertz CT molecular complexity index is 658. The number of hydrogen-bond donors (Lipinski definition) is 2. The Hall–Kier alpha value is -1.87. The van der Waals surface area contributed by atoms with E-state index in [4.69, 9.17) is 5.11 Å². The molecule has 0 radical (unpaired) electrons. The van der Waals surface area contributed by atoms with Crippen LogP contribution in [0.2, 0.25) is 0 Å². The minimum absolute atomic E-state index is 0.0485. The number of nitrogens with one attached hydrogen (secondary N) is 1. The molecule has 1 aromatic heterocycles. The van der Waals surface area contributed by atoms with Crippen molar-refractivity contribution >= 4 is 21.9 Å². The molecule has 0 unspecified atom stereocenters. The molecule has 1 amide bonds. The highest BCUT2D eigenvalue weighted by Gasteiger charge is 2.29. The molecular formula is C12H17N3O5S. The highest BCUT2D eigenvalue weighted by atomic mass is 32.2. The molecule has 0 aliphatic carbocycles. The zero-order valence-corrected chi connectivity index (χ0v) is 12.4. The molecule has 0 aromatic carbocycles. The van der Waals surface area contributed by atoms with Gasteiger partial charge in [-0.25, -0.2) is 8.42 Å². The smallest absolute Gasteiger partial charge is 0.322 e. The number of hydrogen-bond acceptors (Lipinski definition) is 4. The SMILES string of the molecule is Cn1cc(S(=O)(=O)N2CCCC2)cc1C(=O)NCC(=O)O. The van der Waals surface area contributed by atoms with Crippen LogP contribution in [-0.4, -0.2) is 53.9 Å². The Morgan fingerprint density at radius 3 is 2.52 bits per heavy atom. The number of sulfonamides is 1. The third kappa shape index (κ3) is 3.24. The topological polar surface area (TPSA) is 109 Å². The highest BCUT2D eigenvalue weighted by molar-refractivity contribution is 7.89. The average molecular weight is 315 g/mol. The largest absolute Gasteiger partial charge is 0.480 e. The lowest BCUT2D eigenvalue weighted by molar-refractivity contribution is -0.135. The monoisotopic (exact) mass is 315 g/mol. The van der Waals surface area contributed by atoms with Crippen molar-refractivity contribution in [3.8, 4) is 0 Å². The van der Waals surface area contributed by atoms with Crippen molar-refractivity contribution in [3.63, 3.8) is 0 Å². The number of aromatic nitrogens is 1. The number of aliphatic carboxylic acids is 1. The van der Waals surface area contributed by atoms with E-state index >= 15 is 0 Å². The molecule has 9 heteroatoms. The Labute approximate surface area is 122 Å². The highest BCUT2D eigenvalue weighted by Crippen LogP contribution is 2.22. The third-order valence-corrected chi connectivity index (χ3v) is 5.18. The molecule has 0 spiro atoms. The van der Waals surface area contributed by atoms with E-state index in [0.717, 1.165) is 12.8 Å². The summed E-state index contributed by atoms with van der Waals surface area (Å²) in [6, 6.07) is 1.27. The van der Waals surface area contributed by atoms with Gasteiger partial charge in [0, 0.05) is 26.3 Å². The number of rotatable bonds is 5. The molecule has 1 aliphatic heterocycles. The minimum Gasteiger partial charge on any atom is -0.480 e. The average Bonchev–Trinajstić information content (AvgIpc) is 3.05. The van der Waals surface area contributed by atoms with E-state index in [2.05, 4.69) is 5.32 Å². The standard InChI is InChI=1S/C12H17N3O5S/c1-14-8-9(21(19,20)15-4-2-3-5-15)6-10(14)12(18)13-7-11(16)17/h6,8H,2-5,7H2,1H3,(H,13,18)(H,16,17). The number of carbonyl (C=O) groups is 2. The van der Waals surface area contributed by atoms with Crippen LogP contribution in [-0.2, 0) is 21.9 Å². The van der Waals surface area contributed by atoms with Gasteiger partial charge >= 0.3 is 5.97 Å². The fraction of sp³-hybridized carbons (Fsp3) is 0.500. The molecule has 2 N–H and O–H groups in total. The van der Waals surface area contributed by atoms with Crippen LogP contribution in [0.15, 0.2) is 17.2 Å². The molecule has 21 heavy (non-hydrogen) atoms. The molecule has 1 aliphatic rings. The van der Waals surface area contributed by atoms with Gasteiger partial charge in [-0.3, -0.25) is 9.59 Å². The van der Waals surface area contributed by atoms with E-state index in [0.29, 0.717) is 13.1 Å². The maximum atomic E-state index is 12.4. The zero-order chi connectivity index (χ0) is 15.6. The van der Waals surface area contributed by atoms with Gasteiger partial charge < -0.3 is 15.0 Å². The fourth-order valence-corrected chi connectivity index (χ4v) is 3.81. The minimum atomic E-state index is -3.59. The summed E-state index contributed by atoms with van der Waals surface area (Å²) >= 11 is 0. The molecule has 1 fully saturated rings. The van der Waals surface area contributed by atoms with Crippen molar-refractivity contribution in [1.29, 1.82) is 0 Å². The summed E-state index contributed by atoms with van der Waals surface area (Å²) in [7, 11) is -2.05. The second-order valence-electron chi connectivity index (χ2n) is 4.86. The third-order valence-electron chi connectivity index (χ3n) is 3.32. The van der Waals surface area contributed by atoms with Crippen molar-refractivity contribution in [3.05, 3.63) is 18.0 Å². The second kappa shape index (κ2) is 5.86. The van der Waals surface area contributed by atoms with Crippen molar-refractivity contribution in [2.45, 2.75) is 17.7 Å². The number of carboxylic acids is 1. The number of carboxylic acid groups (broad SMARTS) is 1. The summed E-state index contributed by atoms with van der Waals surface area (Å²) in [5.41, 5.74) is 0.106. The molecule has 0 saturated carbocycles. The second-order valence-corrected chi connectivity index (χ2v) is 6.80. The normalized spacial score (nSPS) is 16.0. The predicted molar refractivity (Wildman–Crippen MR) is 73.4 cm³/mol. The van der Waals surface area contributed by atoms with Crippen LogP contribution < -0.4 is 5.32 Å². The first-order chi connectivity index (χ1) is 9.82. The fourth-order valence-electron chi connectivity index (χ4n) is 2.23. The number of carbonyl (C=O) groups excluding carboxylic acids is 1. The summed E-state index contributed by atoms with van der Waals surface area (Å²) in [6.45, 7) is 0.452. The van der Waals surface area contributed by atoms with E-state index in [1.807, 2.05) is 0 Å². The molecule has 0 atom stereocenters. The van der Waals surface area contributed by atoms with Gasteiger partial charge in [0.25, 0.3) is 5.91 Å². The zero-order valence-electron chi connectivity index (χ0n) is 11.6. The van der Waals surface area contributed by atoms with Crippen LogP contribution in [0.25, 0.3) is 0 Å². The molecular weight excluding hydrogens is 298 g/mol. The lowest BCUT2D eigenvalue weighted by atomic mass is 10.4. The van der Waals surface area contributed by atoms with Crippen LogP contribution in [0.4, 0.5) is 0 Å². The van der Waals surface area contributed by atoms with Gasteiger partial charge in [0.1, 0.15) is 17.1 Å². The number of aryl methyl sites for hydroxylation is 1. The van der Waals surface area contributed by atoms with E-state index < -0.39 is 28.4 Å². The molecule has 2 rings (SSSR count). The first-order valence-corrected chi connectivity index (χ1v) is 7.93. The van der Waals surface area contributed by atoms with Crippen molar-refractivity contribution in [1.82, 2.24) is 14.2 Å². The first kappa shape index (κ1) is 15.5.